The molecule has 0 aromatic carbocycles. The highest BCUT2D eigenvalue weighted by Crippen LogP contribution is 2.38. The summed E-state index contributed by atoms with van der Waals surface area (Å²) in [6, 6.07) is -0.969. The minimum Gasteiger partial charge on any atom is -0.457 e. The Bertz CT molecular complexity index is 747. The molecule has 0 aromatic rings. The van der Waals surface area contributed by atoms with Gasteiger partial charge in [-0.25, -0.2) is 4.79 Å². The summed E-state index contributed by atoms with van der Waals surface area (Å²) >= 11 is 0. The highest BCUT2D eigenvalue weighted by Gasteiger charge is 2.44. The second-order valence-electron chi connectivity index (χ2n) is 10.8. The summed E-state index contributed by atoms with van der Waals surface area (Å²) < 4.78 is 23.2. The molecule has 0 radical (unpaired) electrons. The number of hydrogen-bond donors (Lipinski definition) is 1. The van der Waals surface area contributed by atoms with Gasteiger partial charge in [0.1, 0.15) is 17.7 Å². The van der Waals surface area contributed by atoms with E-state index in [1.54, 1.807) is 45.9 Å². The molecule has 0 rings (SSSR count). The smallest absolute Gasteiger partial charge is 0.408 e. The van der Waals surface area contributed by atoms with Gasteiger partial charge in [-0.15, -0.1) is 0 Å². The zero-order valence-electron chi connectivity index (χ0n) is 23.0. The molecular weight excluding hydrogens is 454 g/mol. The molecule has 1 N–H and O–H groups in total. The standard InChI is InChI=1S/C25H45NO7Si/c1-13-14-15-16-20(30-18(3)27)21(26-23(29)32-24(5,6)7)22(31-19(4)28)17(2)33-34(11,12)25(8,9)10/h13-17,20-22H,1-12H3,(H,26,29)/b14-13-,16-15+/t17-,20+,21+,22-/m1/s1. The van der Waals surface area contributed by atoms with Gasteiger partial charge in [0.2, 0.25) is 0 Å². The summed E-state index contributed by atoms with van der Waals surface area (Å²) in [6.45, 7) is 21.9. The van der Waals surface area contributed by atoms with Gasteiger partial charge >= 0.3 is 18.0 Å². The Hall–Kier alpha value is -2.13. The maximum absolute atomic E-state index is 12.8. The molecule has 0 fully saturated rings. The fourth-order valence-corrected chi connectivity index (χ4v) is 4.28. The van der Waals surface area contributed by atoms with Crippen molar-refractivity contribution in [3.63, 3.8) is 0 Å². The Kier molecular flexibility index (Phi) is 12.3. The first-order chi connectivity index (χ1) is 15.3. The van der Waals surface area contributed by atoms with Crippen LogP contribution in [0.15, 0.2) is 24.3 Å². The number of rotatable bonds is 10. The average Bonchev–Trinajstić information content (AvgIpc) is 2.60. The largest absolute Gasteiger partial charge is 0.457 e. The zero-order valence-corrected chi connectivity index (χ0v) is 24.0. The predicted molar refractivity (Wildman–Crippen MR) is 136 cm³/mol. The third-order valence-corrected chi connectivity index (χ3v) is 9.92. The maximum Gasteiger partial charge on any atom is 0.408 e. The Labute approximate surface area is 206 Å². The number of allylic oxidation sites excluding steroid dienone is 3. The third-order valence-electron chi connectivity index (χ3n) is 5.35. The minimum atomic E-state index is -2.28. The predicted octanol–water partition coefficient (Wildman–Crippen LogP) is 5.29. The number of esters is 2. The molecule has 8 nitrogen and oxygen atoms in total. The second-order valence-corrected chi connectivity index (χ2v) is 15.6. The third kappa shape index (κ3) is 11.8. The molecule has 34 heavy (non-hydrogen) atoms. The molecule has 0 aliphatic carbocycles. The first-order valence-corrected chi connectivity index (χ1v) is 14.5. The van der Waals surface area contributed by atoms with Gasteiger partial charge in [-0.2, -0.15) is 0 Å². The molecule has 9 heteroatoms. The van der Waals surface area contributed by atoms with Crippen molar-refractivity contribution in [2.24, 2.45) is 0 Å². The summed E-state index contributed by atoms with van der Waals surface area (Å²) in [6.07, 6.45) is 3.64. The molecule has 0 bridgehead atoms. The van der Waals surface area contributed by atoms with E-state index in [1.165, 1.54) is 13.8 Å². The van der Waals surface area contributed by atoms with Crippen LogP contribution >= 0.6 is 0 Å². The van der Waals surface area contributed by atoms with Gasteiger partial charge in [0.05, 0.1) is 6.10 Å². The van der Waals surface area contributed by atoms with Crippen LogP contribution in [-0.2, 0) is 28.2 Å². The van der Waals surface area contributed by atoms with E-state index in [4.69, 9.17) is 18.6 Å². The normalized spacial score (nSPS) is 16.6. The SMILES string of the molecule is C/C=C\C=C\[C@H](OC(C)=O)[C@H](NC(=O)OC(C)(C)C)[C@H](OC(C)=O)[C@@H](C)O[Si](C)(C)C(C)(C)C. The van der Waals surface area contributed by atoms with Crippen LogP contribution in [0.4, 0.5) is 4.79 Å². The van der Waals surface area contributed by atoms with Gasteiger partial charge in [0.25, 0.3) is 0 Å². The fourth-order valence-electron chi connectivity index (χ4n) is 2.86. The molecule has 0 saturated carbocycles. The highest BCUT2D eigenvalue weighted by atomic mass is 28.4. The van der Waals surface area contributed by atoms with Gasteiger partial charge < -0.3 is 24.0 Å². The number of amides is 1. The van der Waals surface area contributed by atoms with E-state index in [1.807, 2.05) is 13.0 Å². The monoisotopic (exact) mass is 499 g/mol. The molecule has 0 aliphatic rings. The van der Waals surface area contributed by atoms with Crippen molar-refractivity contribution in [3.05, 3.63) is 24.3 Å². The summed E-state index contributed by atoms with van der Waals surface area (Å²) in [5.74, 6) is -1.10. The van der Waals surface area contributed by atoms with Crippen molar-refractivity contribution in [1.29, 1.82) is 0 Å². The lowest BCUT2D eigenvalue weighted by molar-refractivity contribution is -0.159. The highest BCUT2D eigenvalue weighted by molar-refractivity contribution is 6.74. The molecule has 4 atom stereocenters. The van der Waals surface area contributed by atoms with Gasteiger partial charge in [0.15, 0.2) is 14.4 Å². The van der Waals surface area contributed by atoms with Crippen molar-refractivity contribution in [2.75, 3.05) is 0 Å². The van der Waals surface area contributed by atoms with E-state index >= 15 is 0 Å². The number of hydrogen-bond acceptors (Lipinski definition) is 7. The van der Waals surface area contributed by atoms with E-state index in [2.05, 4.69) is 39.2 Å². The van der Waals surface area contributed by atoms with Crippen LogP contribution in [0.1, 0.15) is 69.2 Å². The molecule has 0 aromatic heterocycles. The minimum absolute atomic E-state index is 0.1000. The lowest BCUT2D eigenvalue weighted by Crippen LogP contribution is -2.59. The summed E-state index contributed by atoms with van der Waals surface area (Å²) in [4.78, 5) is 36.8. The van der Waals surface area contributed by atoms with Crippen molar-refractivity contribution in [3.8, 4) is 0 Å². The second kappa shape index (κ2) is 13.1. The average molecular weight is 500 g/mol. The van der Waals surface area contributed by atoms with Crippen LogP contribution in [0.3, 0.4) is 0 Å². The van der Waals surface area contributed by atoms with Crippen molar-refractivity contribution >= 4 is 26.3 Å². The molecule has 1 amide bonds. The molecule has 0 unspecified atom stereocenters. The summed E-state index contributed by atoms with van der Waals surface area (Å²) in [5.41, 5.74) is -0.757. The van der Waals surface area contributed by atoms with Gasteiger partial charge in [-0.1, -0.05) is 39.0 Å². The van der Waals surface area contributed by atoms with Crippen molar-refractivity contribution in [2.45, 2.75) is 117 Å². The Morgan fingerprint density at radius 2 is 1.44 bits per heavy atom. The number of nitrogens with one attached hydrogen (secondary N) is 1. The van der Waals surface area contributed by atoms with E-state index in [0.29, 0.717) is 0 Å². The molecule has 0 aliphatic heterocycles. The van der Waals surface area contributed by atoms with E-state index in [0.717, 1.165) is 0 Å². The quantitative estimate of drug-likeness (QED) is 0.189. The maximum atomic E-state index is 12.8. The Morgan fingerprint density at radius 1 is 0.912 bits per heavy atom. The number of carbonyl (C=O) groups is 3. The molecule has 0 saturated heterocycles. The Morgan fingerprint density at radius 3 is 1.85 bits per heavy atom. The van der Waals surface area contributed by atoms with Gasteiger partial charge in [-0.05, 0) is 58.8 Å². The summed E-state index contributed by atoms with van der Waals surface area (Å²) in [5, 5.41) is 2.66. The number of carbonyl (C=O) groups excluding carboxylic acids is 3. The van der Waals surface area contributed by atoms with Crippen LogP contribution in [-0.4, -0.2) is 56.3 Å². The van der Waals surface area contributed by atoms with Gasteiger partial charge in [0, 0.05) is 13.8 Å². The van der Waals surface area contributed by atoms with Crippen LogP contribution in [0.25, 0.3) is 0 Å². The van der Waals surface area contributed by atoms with Crippen LogP contribution in [0.5, 0.6) is 0 Å². The molecule has 196 valence electrons. The lowest BCUT2D eigenvalue weighted by Gasteiger charge is -2.42. The zero-order chi connectivity index (χ0) is 26.9. The van der Waals surface area contributed by atoms with Crippen molar-refractivity contribution < 1.29 is 33.0 Å². The molecule has 0 spiro atoms. The first kappa shape index (κ1) is 31.9. The van der Waals surface area contributed by atoms with E-state index < -0.39 is 56.3 Å². The van der Waals surface area contributed by atoms with E-state index in [9.17, 15) is 14.4 Å². The van der Waals surface area contributed by atoms with Crippen LogP contribution in [0, 0.1) is 0 Å². The number of ether oxygens (including phenoxy) is 3. The summed E-state index contributed by atoms with van der Waals surface area (Å²) in [7, 11) is -2.28. The van der Waals surface area contributed by atoms with Crippen LogP contribution < -0.4 is 5.32 Å². The molecule has 0 heterocycles. The molecular formula is C25H45NO7Si. The van der Waals surface area contributed by atoms with Gasteiger partial charge in [-0.3, -0.25) is 9.59 Å². The first-order valence-electron chi connectivity index (χ1n) is 11.6. The number of alkyl carbamates (subject to hydrolysis) is 1. The van der Waals surface area contributed by atoms with E-state index in [-0.39, 0.29) is 5.04 Å². The topological polar surface area (TPSA) is 100 Å². The lowest BCUT2D eigenvalue weighted by atomic mass is 9.99. The Balaban J connectivity index is 6.47. The fraction of sp³-hybridized carbons (Fsp3) is 0.720. The van der Waals surface area contributed by atoms with Crippen molar-refractivity contribution in [1.82, 2.24) is 5.32 Å². The van der Waals surface area contributed by atoms with Crippen LogP contribution in [0.2, 0.25) is 18.1 Å².